The van der Waals surface area contributed by atoms with E-state index in [1.165, 1.54) is 24.5 Å². The van der Waals surface area contributed by atoms with E-state index in [4.69, 9.17) is 4.74 Å². The predicted molar refractivity (Wildman–Crippen MR) is 89.8 cm³/mol. The van der Waals surface area contributed by atoms with Gasteiger partial charge in [0.1, 0.15) is 5.82 Å². The number of nitrogens with zero attached hydrogens (tertiary/aromatic N) is 5. The average Bonchev–Trinajstić information content (AvgIpc) is 2.80. The Hall–Kier alpha value is -0.760. The first-order chi connectivity index (χ1) is 10.7. The molecule has 2 aliphatic rings. The molecule has 6 nitrogen and oxygen atoms in total. The van der Waals surface area contributed by atoms with Crippen molar-refractivity contribution in [2.45, 2.75) is 26.4 Å². The van der Waals surface area contributed by atoms with Crippen LogP contribution in [0.3, 0.4) is 0 Å². The summed E-state index contributed by atoms with van der Waals surface area (Å²) in [6, 6.07) is 0. The zero-order valence-corrected chi connectivity index (χ0v) is 14.5. The highest BCUT2D eigenvalue weighted by Gasteiger charge is 2.20. The van der Waals surface area contributed by atoms with E-state index in [0.717, 1.165) is 63.4 Å². The van der Waals surface area contributed by atoms with Gasteiger partial charge in [0, 0.05) is 57.3 Å². The Labute approximate surface area is 137 Å². The summed E-state index contributed by atoms with van der Waals surface area (Å²) in [5, 5.41) is 1.08. The normalized spacial score (nSPS) is 25.4. The Balaban J connectivity index is 1.44. The molecule has 124 valence electrons. The van der Waals surface area contributed by atoms with Crippen molar-refractivity contribution >= 4 is 16.7 Å². The van der Waals surface area contributed by atoms with Crippen LogP contribution in [0.5, 0.6) is 0 Å². The van der Waals surface area contributed by atoms with Crippen molar-refractivity contribution in [2.24, 2.45) is 0 Å². The quantitative estimate of drug-likeness (QED) is 0.825. The van der Waals surface area contributed by atoms with Gasteiger partial charge in [0.2, 0.25) is 5.13 Å². The molecule has 3 rings (SSSR count). The van der Waals surface area contributed by atoms with E-state index in [0.29, 0.717) is 6.10 Å². The molecule has 2 saturated heterocycles. The smallest absolute Gasteiger partial charge is 0.205 e. The largest absolute Gasteiger partial charge is 0.376 e. The number of aromatic nitrogens is 2. The molecule has 1 unspecified atom stereocenters. The predicted octanol–water partition coefficient (Wildman–Crippen LogP) is 1.08. The number of ether oxygens (including phenoxy) is 1. The van der Waals surface area contributed by atoms with Crippen LogP contribution in [0.2, 0.25) is 0 Å². The standard InChI is InChI=1S/C15H27N5OS/c1-13-12-19(10-11-21-13)7-6-18-4-3-5-20(9-8-18)15-16-14(2)17-22-15/h13H,3-12H2,1-2H3. The molecule has 3 heterocycles. The molecule has 2 aliphatic heterocycles. The van der Waals surface area contributed by atoms with Gasteiger partial charge in [-0.25, -0.2) is 4.98 Å². The second-order valence-corrected chi connectivity index (χ2v) is 7.02. The average molecular weight is 325 g/mol. The van der Waals surface area contributed by atoms with E-state index in [9.17, 15) is 0 Å². The van der Waals surface area contributed by atoms with E-state index in [2.05, 4.69) is 31.0 Å². The molecule has 1 aromatic rings. The topological polar surface area (TPSA) is 44.7 Å². The summed E-state index contributed by atoms with van der Waals surface area (Å²) >= 11 is 1.53. The molecule has 0 saturated carbocycles. The van der Waals surface area contributed by atoms with Crippen molar-refractivity contribution in [1.29, 1.82) is 0 Å². The molecule has 1 atom stereocenters. The first kappa shape index (κ1) is 16.1. The van der Waals surface area contributed by atoms with Crippen LogP contribution in [-0.4, -0.2) is 84.2 Å². The Morgan fingerprint density at radius 1 is 1.14 bits per heavy atom. The number of morpholine rings is 1. The molecule has 0 N–H and O–H groups in total. The third-order valence-corrected chi connectivity index (χ3v) is 5.30. The molecule has 7 heteroatoms. The van der Waals surface area contributed by atoms with Gasteiger partial charge >= 0.3 is 0 Å². The number of hydrogen-bond donors (Lipinski definition) is 0. The third kappa shape index (κ3) is 4.38. The van der Waals surface area contributed by atoms with Crippen molar-refractivity contribution in [3.05, 3.63) is 5.82 Å². The Morgan fingerprint density at radius 3 is 2.77 bits per heavy atom. The minimum atomic E-state index is 0.383. The summed E-state index contributed by atoms with van der Waals surface area (Å²) in [5.74, 6) is 0.891. The van der Waals surface area contributed by atoms with Gasteiger partial charge < -0.3 is 14.5 Å². The number of rotatable bonds is 4. The van der Waals surface area contributed by atoms with Gasteiger partial charge in [-0.2, -0.15) is 4.37 Å². The van der Waals surface area contributed by atoms with Crippen LogP contribution in [0.25, 0.3) is 0 Å². The Morgan fingerprint density at radius 2 is 2.00 bits per heavy atom. The van der Waals surface area contributed by atoms with Gasteiger partial charge in [0.05, 0.1) is 12.7 Å². The van der Waals surface area contributed by atoms with Crippen LogP contribution in [0.4, 0.5) is 5.13 Å². The van der Waals surface area contributed by atoms with E-state index < -0.39 is 0 Å². The number of aryl methyl sites for hydroxylation is 1. The van der Waals surface area contributed by atoms with Crippen molar-refractivity contribution in [2.75, 3.05) is 63.9 Å². The fourth-order valence-corrected chi connectivity index (χ4v) is 3.90. The minimum absolute atomic E-state index is 0.383. The van der Waals surface area contributed by atoms with Gasteiger partial charge in [-0.15, -0.1) is 0 Å². The summed E-state index contributed by atoms with van der Waals surface area (Å²) in [7, 11) is 0. The zero-order valence-electron chi connectivity index (χ0n) is 13.7. The lowest BCUT2D eigenvalue weighted by molar-refractivity contribution is -0.0204. The SMILES string of the molecule is Cc1nsc(N2CCCN(CCN3CCOC(C)C3)CC2)n1. The fourth-order valence-electron chi connectivity index (χ4n) is 3.18. The molecule has 0 amide bonds. The van der Waals surface area contributed by atoms with Crippen LogP contribution in [0.1, 0.15) is 19.2 Å². The number of anilines is 1. The molecule has 0 bridgehead atoms. The van der Waals surface area contributed by atoms with Gasteiger partial charge in [-0.3, -0.25) is 4.90 Å². The second-order valence-electron chi connectivity index (χ2n) is 6.29. The van der Waals surface area contributed by atoms with Crippen molar-refractivity contribution < 1.29 is 4.74 Å². The molecular weight excluding hydrogens is 298 g/mol. The van der Waals surface area contributed by atoms with Crippen LogP contribution >= 0.6 is 11.5 Å². The first-order valence-electron chi connectivity index (χ1n) is 8.32. The maximum atomic E-state index is 5.61. The van der Waals surface area contributed by atoms with Gasteiger partial charge in [-0.05, 0) is 26.8 Å². The molecule has 0 aliphatic carbocycles. The van der Waals surface area contributed by atoms with Crippen molar-refractivity contribution in [1.82, 2.24) is 19.2 Å². The van der Waals surface area contributed by atoms with Gasteiger partial charge in [-0.1, -0.05) is 0 Å². The lowest BCUT2D eigenvalue weighted by Crippen LogP contribution is -2.45. The second kappa shape index (κ2) is 7.68. The number of hydrogen-bond acceptors (Lipinski definition) is 7. The molecule has 22 heavy (non-hydrogen) atoms. The summed E-state index contributed by atoms with van der Waals surface area (Å²) in [5.41, 5.74) is 0. The van der Waals surface area contributed by atoms with Gasteiger partial charge in [0.25, 0.3) is 0 Å². The molecule has 1 aromatic heterocycles. The van der Waals surface area contributed by atoms with E-state index >= 15 is 0 Å². The van der Waals surface area contributed by atoms with E-state index in [1.807, 2.05) is 6.92 Å². The lowest BCUT2D eigenvalue weighted by atomic mass is 10.3. The summed E-state index contributed by atoms with van der Waals surface area (Å²) in [6.07, 6.45) is 1.59. The summed E-state index contributed by atoms with van der Waals surface area (Å²) in [6.45, 7) is 14.0. The van der Waals surface area contributed by atoms with Crippen molar-refractivity contribution in [3.8, 4) is 0 Å². The molecule has 0 radical (unpaired) electrons. The summed E-state index contributed by atoms with van der Waals surface area (Å²) in [4.78, 5) is 12.0. The highest BCUT2D eigenvalue weighted by Crippen LogP contribution is 2.18. The zero-order chi connectivity index (χ0) is 15.4. The van der Waals surface area contributed by atoms with Crippen LogP contribution < -0.4 is 4.90 Å². The van der Waals surface area contributed by atoms with Crippen LogP contribution in [-0.2, 0) is 4.74 Å². The maximum Gasteiger partial charge on any atom is 0.205 e. The minimum Gasteiger partial charge on any atom is -0.376 e. The van der Waals surface area contributed by atoms with Gasteiger partial charge in [0.15, 0.2) is 0 Å². The van der Waals surface area contributed by atoms with Crippen LogP contribution in [0, 0.1) is 6.92 Å². The fraction of sp³-hybridized carbons (Fsp3) is 0.867. The third-order valence-electron chi connectivity index (χ3n) is 4.43. The van der Waals surface area contributed by atoms with E-state index in [-0.39, 0.29) is 0 Å². The van der Waals surface area contributed by atoms with E-state index in [1.54, 1.807) is 0 Å². The molecule has 2 fully saturated rings. The maximum absolute atomic E-state index is 5.61. The highest BCUT2D eigenvalue weighted by atomic mass is 32.1. The van der Waals surface area contributed by atoms with Crippen molar-refractivity contribution in [3.63, 3.8) is 0 Å². The Kier molecular flexibility index (Phi) is 5.62. The first-order valence-corrected chi connectivity index (χ1v) is 9.09. The highest BCUT2D eigenvalue weighted by molar-refractivity contribution is 7.09. The molecule has 0 spiro atoms. The lowest BCUT2D eigenvalue weighted by Gasteiger charge is -2.32. The summed E-state index contributed by atoms with van der Waals surface area (Å²) < 4.78 is 9.91. The Bertz CT molecular complexity index is 469. The van der Waals surface area contributed by atoms with Crippen LogP contribution in [0.15, 0.2) is 0 Å². The molecular formula is C15H27N5OS. The monoisotopic (exact) mass is 325 g/mol. The molecule has 0 aromatic carbocycles.